The van der Waals surface area contributed by atoms with Crippen molar-refractivity contribution < 1.29 is 24.1 Å². The second kappa shape index (κ2) is 4.97. The molecular weight excluding hydrogens is 188 g/mol. The van der Waals surface area contributed by atoms with Crippen molar-refractivity contribution in [2.24, 2.45) is 0 Å². The molecule has 0 spiro atoms. The summed E-state index contributed by atoms with van der Waals surface area (Å²) in [7, 11) is 1.53. The Labute approximate surface area is 82.3 Å². The van der Waals surface area contributed by atoms with Crippen LogP contribution in [0.4, 0.5) is 0 Å². The van der Waals surface area contributed by atoms with Crippen LogP contribution in [0.15, 0.2) is 12.3 Å². The molecule has 5 heteroatoms. The van der Waals surface area contributed by atoms with Gasteiger partial charge >= 0.3 is 5.97 Å². The van der Waals surface area contributed by atoms with Crippen molar-refractivity contribution in [2.45, 2.75) is 31.8 Å². The van der Waals surface area contributed by atoms with Crippen LogP contribution in [-0.2, 0) is 19.0 Å². The SMILES string of the molecule is C=C(O)C(=O)OC1CCCC(OC)O1. The minimum atomic E-state index is -0.855. The van der Waals surface area contributed by atoms with Gasteiger partial charge in [0.15, 0.2) is 12.0 Å². The molecule has 1 fully saturated rings. The number of hydrogen-bond donors (Lipinski definition) is 1. The van der Waals surface area contributed by atoms with Crippen molar-refractivity contribution in [3.05, 3.63) is 12.3 Å². The van der Waals surface area contributed by atoms with Crippen molar-refractivity contribution in [3.8, 4) is 0 Å². The lowest BCUT2D eigenvalue weighted by atomic mass is 10.2. The average Bonchev–Trinajstić information content (AvgIpc) is 2.18. The Morgan fingerprint density at radius 3 is 2.71 bits per heavy atom. The molecule has 1 aliphatic rings. The van der Waals surface area contributed by atoms with Crippen LogP contribution < -0.4 is 0 Å². The first-order valence-corrected chi connectivity index (χ1v) is 4.40. The van der Waals surface area contributed by atoms with Gasteiger partial charge in [-0.25, -0.2) is 4.79 Å². The van der Waals surface area contributed by atoms with E-state index >= 15 is 0 Å². The van der Waals surface area contributed by atoms with E-state index < -0.39 is 18.0 Å². The maximum Gasteiger partial charge on any atom is 0.375 e. The first-order chi connectivity index (χ1) is 6.63. The van der Waals surface area contributed by atoms with E-state index in [1.165, 1.54) is 7.11 Å². The minimum Gasteiger partial charge on any atom is -0.502 e. The number of esters is 1. The first-order valence-electron chi connectivity index (χ1n) is 4.40. The maximum atomic E-state index is 10.9. The van der Waals surface area contributed by atoms with Gasteiger partial charge in [0.1, 0.15) is 0 Å². The van der Waals surface area contributed by atoms with E-state index in [2.05, 4.69) is 6.58 Å². The first kappa shape index (κ1) is 11.0. The molecule has 1 rings (SSSR count). The largest absolute Gasteiger partial charge is 0.502 e. The zero-order valence-electron chi connectivity index (χ0n) is 8.06. The fourth-order valence-electron chi connectivity index (χ4n) is 1.20. The number of ether oxygens (including phenoxy) is 3. The van der Waals surface area contributed by atoms with Crippen molar-refractivity contribution in [2.75, 3.05) is 7.11 Å². The van der Waals surface area contributed by atoms with Gasteiger partial charge in [0.05, 0.1) is 0 Å². The highest BCUT2D eigenvalue weighted by molar-refractivity contribution is 5.84. The van der Waals surface area contributed by atoms with Gasteiger partial charge in [0, 0.05) is 13.5 Å². The van der Waals surface area contributed by atoms with Gasteiger partial charge in [0.25, 0.3) is 0 Å². The highest BCUT2D eigenvalue weighted by Gasteiger charge is 2.25. The predicted molar refractivity (Wildman–Crippen MR) is 47.4 cm³/mol. The zero-order valence-corrected chi connectivity index (χ0v) is 8.06. The fraction of sp³-hybridized carbons (Fsp3) is 0.667. The summed E-state index contributed by atoms with van der Waals surface area (Å²) < 4.78 is 15.0. The fourth-order valence-corrected chi connectivity index (χ4v) is 1.20. The second-order valence-corrected chi connectivity index (χ2v) is 3.01. The van der Waals surface area contributed by atoms with E-state index in [9.17, 15) is 4.79 Å². The summed E-state index contributed by atoms with van der Waals surface area (Å²) in [6.45, 7) is 3.05. The van der Waals surface area contributed by atoms with Gasteiger partial charge in [-0.2, -0.15) is 0 Å². The highest BCUT2D eigenvalue weighted by Crippen LogP contribution is 2.20. The number of aliphatic hydroxyl groups is 1. The molecule has 5 nitrogen and oxygen atoms in total. The summed E-state index contributed by atoms with van der Waals surface area (Å²) >= 11 is 0. The van der Waals surface area contributed by atoms with Crippen molar-refractivity contribution in [1.82, 2.24) is 0 Å². The summed E-state index contributed by atoms with van der Waals surface area (Å²) in [6.07, 6.45) is 1.26. The Morgan fingerprint density at radius 1 is 1.50 bits per heavy atom. The normalized spacial score (nSPS) is 26.9. The Kier molecular flexibility index (Phi) is 3.91. The van der Waals surface area contributed by atoms with E-state index in [0.717, 1.165) is 12.8 Å². The molecule has 0 aliphatic carbocycles. The van der Waals surface area contributed by atoms with Crippen LogP contribution in [0.5, 0.6) is 0 Å². The van der Waals surface area contributed by atoms with Gasteiger partial charge in [-0.1, -0.05) is 0 Å². The highest BCUT2D eigenvalue weighted by atomic mass is 16.8. The predicted octanol–water partition coefficient (Wildman–Crippen LogP) is 1.10. The molecule has 1 saturated heterocycles. The lowest BCUT2D eigenvalue weighted by molar-refractivity contribution is -0.252. The number of carbonyl (C=O) groups excluding carboxylic acids is 1. The maximum absolute atomic E-state index is 10.9. The summed E-state index contributed by atoms with van der Waals surface area (Å²) in [6, 6.07) is 0. The number of carbonyl (C=O) groups is 1. The minimum absolute atomic E-state index is 0.339. The molecule has 1 heterocycles. The van der Waals surface area contributed by atoms with Crippen molar-refractivity contribution in [1.29, 1.82) is 0 Å². The summed E-state index contributed by atoms with van der Waals surface area (Å²) in [5.74, 6) is -1.47. The zero-order chi connectivity index (χ0) is 10.6. The molecule has 0 saturated carbocycles. The van der Waals surface area contributed by atoms with Crippen LogP contribution in [0.3, 0.4) is 0 Å². The van der Waals surface area contributed by atoms with E-state index in [1.807, 2.05) is 0 Å². The quantitative estimate of drug-likeness (QED) is 0.421. The van der Waals surface area contributed by atoms with E-state index in [0.29, 0.717) is 6.42 Å². The van der Waals surface area contributed by atoms with Gasteiger partial charge in [-0.15, -0.1) is 0 Å². The van der Waals surface area contributed by atoms with Crippen LogP contribution in [0.1, 0.15) is 19.3 Å². The standard InChI is InChI=1S/C9H14O5/c1-6(10)9(11)14-8-5-3-4-7(12-2)13-8/h7-8,10H,1,3-5H2,2H3. The molecule has 1 aliphatic heterocycles. The summed E-state index contributed by atoms with van der Waals surface area (Å²) in [5, 5.41) is 8.72. The van der Waals surface area contributed by atoms with Crippen LogP contribution >= 0.6 is 0 Å². The van der Waals surface area contributed by atoms with Gasteiger partial charge in [0.2, 0.25) is 6.29 Å². The Morgan fingerprint density at radius 2 is 2.14 bits per heavy atom. The molecule has 80 valence electrons. The van der Waals surface area contributed by atoms with E-state index in [4.69, 9.17) is 19.3 Å². The van der Waals surface area contributed by atoms with E-state index in [1.54, 1.807) is 0 Å². The van der Waals surface area contributed by atoms with Gasteiger partial charge in [-0.3, -0.25) is 0 Å². The van der Waals surface area contributed by atoms with Crippen LogP contribution in [0.25, 0.3) is 0 Å². The van der Waals surface area contributed by atoms with Crippen molar-refractivity contribution >= 4 is 5.97 Å². The molecule has 14 heavy (non-hydrogen) atoms. The molecule has 1 N–H and O–H groups in total. The number of methoxy groups -OCH3 is 1. The number of rotatable bonds is 3. The van der Waals surface area contributed by atoms with Gasteiger partial charge in [-0.05, 0) is 19.4 Å². The smallest absolute Gasteiger partial charge is 0.375 e. The molecule has 0 aromatic heterocycles. The van der Waals surface area contributed by atoms with Crippen molar-refractivity contribution in [3.63, 3.8) is 0 Å². The molecule has 2 unspecified atom stereocenters. The third-order valence-corrected chi connectivity index (χ3v) is 1.92. The van der Waals surface area contributed by atoms with Crippen LogP contribution in [0, 0.1) is 0 Å². The van der Waals surface area contributed by atoms with Gasteiger partial charge < -0.3 is 19.3 Å². The average molecular weight is 202 g/mol. The monoisotopic (exact) mass is 202 g/mol. The molecule has 0 amide bonds. The summed E-state index contributed by atoms with van der Waals surface area (Å²) in [5.41, 5.74) is 0. The summed E-state index contributed by atoms with van der Waals surface area (Å²) in [4.78, 5) is 10.9. The third kappa shape index (κ3) is 3.01. The molecule has 2 atom stereocenters. The second-order valence-electron chi connectivity index (χ2n) is 3.01. The Hall–Kier alpha value is -1.07. The van der Waals surface area contributed by atoms with Crippen LogP contribution in [-0.4, -0.2) is 30.8 Å². The molecule has 0 bridgehead atoms. The molecule has 0 radical (unpaired) electrons. The van der Waals surface area contributed by atoms with E-state index in [-0.39, 0.29) is 6.29 Å². The Balaban J connectivity index is 2.37. The lowest BCUT2D eigenvalue weighted by Gasteiger charge is -2.28. The lowest BCUT2D eigenvalue weighted by Crippen LogP contribution is -2.32. The number of aliphatic hydroxyl groups excluding tert-OH is 1. The molecule has 0 aromatic rings. The topological polar surface area (TPSA) is 65.0 Å². The Bertz CT molecular complexity index is 225. The van der Waals surface area contributed by atoms with Crippen LogP contribution in [0.2, 0.25) is 0 Å². The molecule has 0 aromatic carbocycles. The number of hydrogen-bond acceptors (Lipinski definition) is 5. The molecular formula is C9H14O5. The third-order valence-electron chi connectivity index (χ3n) is 1.92.